The van der Waals surface area contributed by atoms with Gasteiger partial charge < -0.3 is 10.1 Å². The minimum Gasteiger partial charge on any atom is -0.377 e. The Morgan fingerprint density at radius 1 is 1.53 bits per heavy atom. The van der Waals surface area contributed by atoms with Gasteiger partial charge in [-0.1, -0.05) is 6.08 Å². The zero-order valence-corrected chi connectivity index (χ0v) is 10.4. The smallest absolute Gasteiger partial charge is 0.0746 e. The summed E-state index contributed by atoms with van der Waals surface area (Å²) >= 11 is 0. The summed E-state index contributed by atoms with van der Waals surface area (Å²) in [4.78, 5) is 0. The zero-order valence-electron chi connectivity index (χ0n) is 10.4. The molecule has 2 nitrogen and oxygen atoms in total. The van der Waals surface area contributed by atoms with Crippen molar-refractivity contribution < 1.29 is 4.74 Å². The number of nitrogens with one attached hydrogen (secondary N) is 1. The molecule has 0 saturated heterocycles. The van der Waals surface area contributed by atoms with Crippen molar-refractivity contribution in [2.45, 2.75) is 51.2 Å². The van der Waals surface area contributed by atoms with Crippen molar-refractivity contribution in [2.24, 2.45) is 5.92 Å². The number of methoxy groups -OCH3 is 1. The molecule has 0 heterocycles. The highest BCUT2D eigenvalue weighted by molar-refractivity contribution is 4.89. The Bertz CT molecular complexity index is 197. The normalized spacial score (nSPS) is 18.9. The van der Waals surface area contributed by atoms with Gasteiger partial charge in [0, 0.05) is 19.7 Å². The van der Waals surface area contributed by atoms with Crippen molar-refractivity contribution in [1.82, 2.24) is 5.32 Å². The van der Waals surface area contributed by atoms with E-state index in [-0.39, 0.29) is 5.60 Å². The maximum atomic E-state index is 5.41. The van der Waals surface area contributed by atoms with Crippen LogP contribution in [0, 0.1) is 5.92 Å². The van der Waals surface area contributed by atoms with Crippen molar-refractivity contribution in [1.29, 1.82) is 0 Å². The summed E-state index contributed by atoms with van der Waals surface area (Å²) in [6.45, 7) is 8.96. The molecule has 1 aliphatic carbocycles. The van der Waals surface area contributed by atoms with Crippen LogP contribution in [0.2, 0.25) is 0 Å². The van der Waals surface area contributed by atoms with Crippen LogP contribution in [0.3, 0.4) is 0 Å². The third-order valence-corrected chi connectivity index (χ3v) is 3.22. The van der Waals surface area contributed by atoms with Crippen molar-refractivity contribution in [2.75, 3.05) is 13.7 Å². The van der Waals surface area contributed by atoms with Gasteiger partial charge in [0.05, 0.1) is 5.60 Å². The molecule has 15 heavy (non-hydrogen) atoms. The maximum absolute atomic E-state index is 5.41. The largest absolute Gasteiger partial charge is 0.377 e. The minimum atomic E-state index is -0.0542. The Morgan fingerprint density at radius 3 is 2.67 bits per heavy atom. The second-order valence-corrected chi connectivity index (χ2v) is 5.15. The number of hydrogen-bond acceptors (Lipinski definition) is 2. The molecule has 0 spiro atoms. The van der Waals surface area contributed by atoms with E-state index in [0.29, 0.717) is 6.04 Å². The third kappa shape index (κ3) is 4.80. The molecule has 0 radical (unpaired) electrons. The minimum absolute atomic E-state index is 0.0542. The summed E-state index contributed by atoms with van der Waals surface area (Å²) in [6.07, 6.45) is 7.12. The molecule has 0 aromatic rings. The first-order valence-electron chi connectivity index (χ1n) is 5.98. The predicted molar refractivity (Wildman–Crippen MR) is 65.0 cm³/mol. The van der Waals surface area contributed by atoms with Crippen molar-refractivity contribution in [3.63, 3.8) is 0 Å². The molecular weight excluding hydrogens is 186 g/mol. The van der Waals surface area contributed by atoms with Crippen LogP contribution in [-0.2, 0) is 4.74 Å². The summed E-state index contributed by atoms with van der Waals surface area (Å²) in [6, 6.07) is 0.664. The lowest BCUT2D eigenvalue weighted by Crippen LogP contribution is -2.42. The Balaban J connectivity index is 2.27. The van der Waals surface area contributed by atoms with Crippen LogP contribution in [-0.4, -0.2) is 25.3 Å². The molecule has 88 valence electrons. The average molecular weight is 211 g/mol. The van der Waals surface area contributed by atoms with E-state index in [2.05, 4.69) is 25.7 Å². The van der Waals surface area contributed by atoms with Gasteiger partial charge in [0.1, 0.15) is 0 Å². The summed E-state index contributed by atoms with van der Waals surface area (Å²) in [7, 11) is 1.78. The van der Waals surface area contributed by atoms with E-state index in [1.807, 2.05) is 6.08 Å². The van der Waals surface area contributed by atoms with Crippen molar-refractivity contribution >= 4 is 0 Å². The number of rotatable bonds is 8. The number of hydrogen-bond donors (Lipinski definition) is 1. The molecule has 1 saturated carbocycles. The third-order valence-electron chi connectivity index (χ3n) is 3.22. The van der Waals surface area contributed by atoms with E-state index in [9.17, 15) is 0 Å². The summed E-state index contributed by atoms with van der Waals surface area (Å²) in [5.41, 5.74) is -0.0542. The van der Waals surface area contributed by atoms with Crippen LogP contribution in [0.1, 0.15) is 39.5 Å². The molecular formula is C13H25NO. The molecule has 1 atom stereocenters. The van der Waals surface area contributed by atoms with Gasteiger partial charge in [0.2, 0.25) is 0 Å². The van der Waals surface area contributed by atoms with Gasteiger partial charge >= 0.3 is 0 Å². The summed E-state index contributed by atoms with van der Waals surface area (Å²) < 4.78 is 5.41. The first kappa shape index (κ1) is 12.7. The first-order chi connectivity index (χ1) is 7.09. The first-order valence-corrected chi connectivity index (χ1v) is 5.98. The number of allylic oxidation sites excluding steroid dienone is 1. The molecule has 0 amide bonds. The average Bonchev–Trinajstić information content (AvgIpc) is 3.02. The van der Waals surface area contributed by atoms with Gasteiger partial charge in [0.25, 0.3) is 0 Å². The van der Waals surface area contributed by atoms with Gasteiger partial charge in [-0.15, -0.1) is 6.58 Å². The number of ether oxygens (including phenoxy) is 1. The van der Waals surface area contributed by atoms with Crippen molar-refractivity contribution in [3.8, 4) is 0 Å². The molecule has 1 N–H and O–H groups in total. The standard InChI is InChI=1S/C13H25NO/c1-5-6-7-12(11-8-9-11)14-10-13(2,3)15-4/h5,11-12,14H,1,6-10H2,2-4H3. The maximum Gasteiger partial charge on any atom is 0.0746 e. The molecule has 1 rings (SSSR count). The van der Waals surface area contributed by atoms with Crippen LogP contribution < -0.4 is 5.32 Å². The highest BCUT2D eigenvalue weighted by Gasteiger charge is 2.31. The lowest BCUT2D eigenvalue weighted by Gasteiger charge is -2.27. The molecule has 1 aliphatic rings. The lowest BCUT2D eigenvalue weighted by molar-refractivity contribution is 0.0202. The Morgan fingerprint density at radius 2 is 2.20 bits per heavy atom. The van der Waals surface area contributed by atoms with E-state index in [0.717, 1.165) is 18.9 Å². The fourth-order valence-corrected chi connectivity index (χ4v) is 1.75. The summed E-state index contributed by atoms with van der Waals surface area (Å²) in [5.74, 6) is 0.901. The fraction of sp³-hybridized carbons (Fsp3) is 0.846. The van der Waals surface area contributed by atoms with Gasteiger partial charge in [-0.05, 0) is 45.4 Å². The zero-order chi connectivity index (χ0) is 11.3. The highest BCUT2D eigenvalue weighted by Crippen LogP contribution is 2.34. The Kier molecular flexibility index (Phi) is 4.81. The molecule has 1 fully saturated rings. The van der Waals surface area contributed by atoms with Crippen LogP contribution in [0.4, 0.5) is 0 Å². The quantitative estimate of drug-likeness (QED) is 0.623. The van der Waals surface area contributed by atoms with Crippen LogP contribution in [0.5, 0.6) is 0 Å². The molecule has 0 aromatic heterocycles. The second-order valence-electron chi connectivity index (χ2n) is 5.15. The van der Waals surface area contributed by atoms with Gasteiger partial charge in [-0.25, -0.2) is 0 Å². The van der Waals surface area contributed by atoms with Crippen LogP contribution >= 0.6 is 0 Å². The molecule has 0 bridgehead atoms. The van der Waals surface area contributed by atoms with E-state index < -0.39 is 0 Å². The summed E-state index contributed by atoms with van der Waals surface area (Å²) in [5, 5.41) is 3.63. The fourth-order valence-electron chi connectivity index (χ4n) is 1.75. The molecule has 1 unspecified atom stereocenters. The van der Waals surface area contributed by atoms with Gasteiger partial charge in [0.15, 0.2) is 0 Å². The van der Waals surface area contributed by atoms with Crippen molar-refractivity contribution in [3.05, 3.63) is 12.7 Å². The second kappa shape index (κ2) is 5.66. The van der Waals surface area contributed by atoms with E-state index >= 15 is 0 Å². The monoisotopic (exact) mass is 211 g/mol. The molecule has 0 aromatic carbocycles. The lowest BCUT2D eigenvalue weighted by atomic mass is 10.0. The van der Waals surface area contributed by atoms with Gasteiger partial charge in [-0.3, -0.25) is 0 Å². The molecule has 2 heteroatoms. The Labute approximate surface area is 94.1 Å². The van der Waals surface area contributed by atoms with E-state index in [1.54, 1.807) is 7.11 Å². The SMILES string of the molecule is C=CCCC(NCC(C)(C)OC)C1CC1. The molecule has 0 aliphatic heterocycles. The topological polar surface area (TPSA) is 21.3 Å². The van der Waals surface area contributed by atoms with E-state index in [1.165, 1.54) is 19.3 Å². The van der Waals surface area contributed by atoms with Crippen LogP contribution in [0.15, 0.2) is 12.7 Å². The van der Waals surface area contributed by atoms with Gasteiger partial charge in [-0.2, -0.15) is 0 Å². The van der Waals surface area contributed by atoms with E-state index in [4.69, 9.17) is 4.74 Å². The van der Waals surface area contributed by atoms with Crippen LogP contribution in [0.25, 0.3) is 0 Å². The highest BCUT2D eigenvalue weighted by atomic mass is 16.5. The Hall–Kier alpha value is -0.340. The predicted octanol–water partition coefficient (Wildman–Crippen LogP) is 2.75.